The van der Waals surface area contributed by atoms with E-state index in [1.807, 2.05) is 35.2 Å². The van der Waals surface area contributed by atoms with Crippen molar-refractivity contribution in [1.29, 1.82) is 5.26 Å². The van der Waals surface area contributed by atoms with Crippen LogP contribution >= 0.6 is 0 Å². The largest absolute Gasteiger partial charge is 0.469 e. The van der Waals surface area contributed by atoms with E-state index in [1.54, 1.807) is 37.3 Å². The molecule has 8 nitrogen and oxygen atoms in total. The van der Waals surface area contributed by atoms with Gasteiger partial charge in [-0.2, -0.15) is 5.26 Å². The minimum Gasteiger partial charge on any atom is -0.469 e. The molecule has 3 heterocycles. The van der Waals surface area contributed by atoms with Gasteiger partial charge in [-0.25, -0.2) is 0 Å². The van der Waals surface area contributed by atoms with Crippen LogP contribution in [0.4, 0.5) is 5.69 Å². The van der Waals surface area contributed by atoms with Crippen molar-refractivity contribution in [3.8, 4) is 11.8 Å². The first-order chi connectivity index (χ1) is 17.9. The van der Waals surface area contributed by atoms with E-state index in [0.29, 0.717) is 17.1 Å². The van der Waals surface area contributed by atoms with Crippen molar-refractivity contribution >= 4 is 29.5 Å². The van der Waals surface area contributed by atoms with E-state index in [4.69, 9.17) is 13.9 Å². The van der Waals surface area contributed by atoms with Gasteiger partial charge in [0.15, 0.2) is 11.2 Å². The molecular formula is C29H24N2O6. The average molecular weight is 497 g/mol. The minimum absolute atomic E-state index is 0.0797. The molecule has 1 fully saturated rings. The van der Waals surface area contributed by atoms with Crippen molar-refractivity contribution in [2.24, 2.45) is 5.41 Å². The van der Waals surface area contributed by atoms with E-state index in [-0.39, 0.29) is 12.4 Å². The van der Waals surface area contributed by atoms with Gasteiger partial charge in [0.1, 0.15) is 17.6 Å². The van der Waals surface area contributed by atoms with Crippen LogP contribution in [0.2, 0.25) is 0 Å². The Balaban J connectivity index is 1.71. The fourth-order valence-electron chi connectivity index (χ4n) is 5.42. The number of carbonyl (C=O) groups excluding carboxylic acids is 3. The van der Waals surface area contributed by atoms with Gasteiger partial charge in [-0.1, -0.05) is 30.4 Å². The van der Waals surface area contributed by atoms with Crippen LogP contribution in [0.5, 0.6) is 5.75 Å². The second kappa shape index (κ2) is 9.43. The fraction of sp³-hybridized carbons (Fsp3) is 0.241. The molecule has 2 aliphatic heterocycles. The minimum atomic E-state index is -1.75. The number of benzene rings is 2. The summed E-state index contributed by atoms with van der Waals surface area (Å²) < 4.78 is 16.3. The van der Waals surface area contributed by atoms with Crippen LogP contribution in [-0.4, -0.2) is 36.4 Å². The highest BCUT2D eigenvalue weighted by Gasteiger charge is 2.68. The predicted molar refractivity (Wildman–Crippen MR) is 134 cm³/mol. The number of hydrogen-bond acceptors (Lipinski definition) is 8. The Hall–Kier alpha value is -4.64. The molecule has 0 N–H and O–H groups in total. The quantitative estimate of drug-likeness (QED) is 0.278. The molecular weight excluding hydrogens is 472 g/mol. The molecule has 0 aliphatic carbocycles. The van der Waals surface area contributed by atoms with E-state index in [9.17, 15) is 19.6 Å². The standard InChI is InChI=1S/C29H24N2O6/c1-3-35-28(34)29(17-30)24-15-12-19-7-4-5-8-22(19)31(24)26(25(29)23-9-6-16-36-23)27(33)20-10-13-21(14-11-20)37-18(2)32/h4-16,24-26H,3H2,1-2H3/t24-,25-,26-,29-/m0/s1. The Morgan fingerprint density at radius 1 is 1.08 bits per heavy atom. The molecule has 0 radical (unpaired) electrons. The molecule has 4 atom stereocenters. The van der Waals surface area contributed by atoms with E-state index in [1.165, 1.54) is 25.3 Å². The summed E-state index contributed by atoms with van der Waals surface area (Å²) in [5.41, 5.74) is 0.164. The molecule has 2 aromatic carbocycles. The zero-order chi connectivity index (χ0) is 26.2. The Morgan fingerprint density at radius 2 is 1.84 bits per heavy atom. The maximum atomic E-state index is 14.3. The smallest absolute Gasteiger partial charge is 0.329 e. The fourth-order valence-corrected chi connectivity index (χ4v) is 5.42. The maximum absolute atomic E-state index is 14.3. The number of rotatable bonds is 6. The van der Waals surface area contributed by atoms with Crippen LogP contribution < -0.4 is 9.64 Å². The van der Waals surface area contributed by atoms with E-state index < -0.39 is 35.4 Å². The number of para-hydroxylation sites is 1. The van der Waals surface area contributed by atoms with Gasteiger partial charge in [0.25, 0.3) is 0 Å². The summed E-state index contributed by atoms with van der Waals surface area (Å²) in [4.78, 5) is 41.0. The Labute approximate surface area is 213 Å². The topological polar surface area (TPSA) is 110 Å². The van der Waals surface area contributed by atoms with Gasteiger partial charge in [-0.15, -0.1) is 0 Å². The summed E-state index contributed by atoms with van der Waals surface area (Å²) in [7, 11) is 0. The Morgan fingerprint density at radius 3 is 2.49 bits per heavy atom. The van der Waals surface area contributed by atoms with Crippen LogP contribution in [0.25, 0.3) is 6.08 Å². The van der Waals surface area contributed by atoms with E-state index in [0.717, 1.165) is 11.3 Å². The van der Waals surface area contributed by atoms with Gasteiger partial charge in [-0.05, 0) is 55.0 Å². The Bertz CT molecular complexity index is 1420. The van der Waals surface area contributed by atoms with Crippen LogP contribution in [0, 0.1) is 16.7 Å². The molecule has 1 aromatic heterocycles. The number of nitriles is 1. The number of nitrogens with zero attached hydrogens (tertiary/aromatic N) is 2. The lowest BCUT2D eigenvalue weighted by Gasteiger charge is -2.36. The zero-order valence-electron chi connectivity index (χ0n) is 20.3. The van der Waals surface area contributed by atoms with Crippen molar-refractivity contribution in [2.45, 2.75) is 31.8 Å². The summed E-state index contributed by atoms with van der Waals surface area (Å²) in [6.45, 7) is 3.05. The predicted octanol–water partition coefficient (Wildman–Crippen LogP) is 4.53. The number of furan rings is 1. The third-order valence-electron chi connectivity index (χ3n) is 6.86. The van der Waals surface area contributed by atoms with E-state index >= 15 is 0 Å². The molecule has 8 heteroatoms. The van der Waals surface area contributed by atoms with Gasteiger partial charge >= 0.3 is 11.9 Å². The first kappa shape index (κ1) is 24.1. The summed E-state index contributed by atoms with van der Waals surface area (Å²) >= 11 is 0. The summed E-state index contributed by atoms with van der Waals surface area (Å²) in [6, 6.07) is 17.6. The first-order valence-electron chi connectivity index (χ1n) is 11.9. The zero-order valence-corrected chi connectivity index (χ0v) is 20.3. The van der Waals surface area contributed by atoms with Crippen molar-refractivity contribution in [2.75, 3.05) is 11.5 Å². The number of ketones is 1. The van der Waals surface area contributed by atoms with Crippen LogP contribution in [0.1, 0.15) is 41.4 Å². The lowest BCUT2D eigenvalue weighted by Crippen LogP contribution is -2.47. The average Bonchev–Trinajstić information content (AvgIpc) is 3.53. The van der Waals surface area contributed by atoms with Crippen LogP contribution in [0.15, 0.2) is 77.4 Å². The molecule has 5 rings (SSSR count). The number of hydrogen-bond donors (Lipinski definition) is 0. The van der Waals surface area contributed by atoms with Gasteiger partial charge in [0, 0.05) is 18.2 Å². The summed E-state index contributed by atoms with van der Waals surface area (Å²) in [6.07, 6.45) is 5.11. The molecule has 0 saturated carbocycles. The molecule has 2 aliphatic rings. The van der Waals surface area contributed by atoms with Crippen molar-refractivity contribution in [3.63, 3.8) is 0 Å². The normalized spacial score (nSPS) is 23.5. The van der Waals surface area contributed by atoms with Crippen LogP contribution in [-0.2, 0) is 14.3 Å². The molecule has 0 bridgehead atoms. The highest BCUT2D eigenvalue weighted by Crippen LogP contribution is 2.56. The third kappa shape index (κ3) is 3.80. The second-order valence-electron chi connectivity index (χ2n) is 8.89. The number of Topliss-reactive ketones (excluding diaryl/α,β-unsaturated/α-hetero) is 1. The second-order valence-corrected chi connectivity index (χ2v) is 8.89. The SMILES string of the molecule is CCOC(=O)[C@@]1(C#N)[C@@H]2C=Cc3ccccc3N2[C@H](C(=O)c2ccc(OC(C)=O)cc2)[C@@H]1c1ccco1. The monoisotopic (exact) mass is 496 g/mol. The van der Waals surface area contributed by atoms with Gasteiger partial charge < -0.3 is 18.8 Å². The highest BCUT2D eigenvalue weighted by atomic mass is 16.5. The van der Waals surface area contributed by atoms with E-state index in [2.05, 4.69) is 6.07 Å². The highest BCUT2D eigenvalue weighted by molar-refractivity contribution is 6.06. The number of anilines is 1. The van der Waals surface area contributed by atoms with Gasteiger partial charge in [0.05, 0.1) is 30.9 Å². The van der Waals surface area contributed by atoms with Gasteiger partial charge in [-0.3, -0.25) is 14.4 Å². The Kier molecular flexibility index (Phi) is 6.14. The number of ether oxygens (including phenoxy) is 2. The van der Waals surface area contributed by atoms with Crippen molar-refractivity contribution in [3.05, 3.63) is 89.9 Å². The lowest BCUT2D eigenvalue weighted by atomic mass is 9.70. The van der Waals surface area contributed by atoms with Crippen molar-refractivity contribution in [1.82, 2.24) is 0 Å². The molecule has 0 unspecified atom stereocenters. The molecule has 186 valence electrons. The van der Waals surface area contributed by atoms with Crippen LogP contribution in [0.3, 0.4) is 0 Å². The molecule has 0 amide bonds. The summed E-state index contributed by atoms with van der Waals surface area (Å²) in [5.74, 6) is -1.82. The third-order valence-corrected chi connectivity index (χ3v) is 6.86. The summed E-state index contributed by atoms with van der Waals surface area (Å²) in [5, 5.41) is 10.6. The number of carbonyl (C=O) groups is 3. The number of esters is 2. The first-order valence-corrected chi connectivity index (χ1v) is 11.9. The molecule has 0 spiro atoms. The number of fused-ring (bicyclic) bond motifs is 3. The molecule has 3 aromatic rings. The molecule has 1 saturated heterocycles. The van der Waals surface area contributed by atoms with Crippen molar-refractivity contribution < 1.29 is 28.3 Å². The van der Waals surface area contributed by atoms with Gasteiger partial charge in [0.2, 0.25) is 0 Å². The lowest BCUT2D eigenvalue weighted by molar-refractivity contribution is -0.152. The maximum Gasteiger partial charge on any atom is 0.329 e. The molecule has 37 heavy (non-hydrogen) atoms.